The minimum absolute atomic E-state index is 0.351. The summed E-state index contributed by atoms with van der Waals surface area (Å²) in [5, 5.41) is 0. The molecule has 0 saturated heterocycles. The lowest BCUT2D eigenvalue weighted by atomic mass is 9.94. The maximum Gasteiger partial charge on any atom is 0.333 e. The Labute approximate surface area is 144 Å². The standard InChI is InChI=1S/C19H28O5/c1-9-22-14(5)23-16-11-17(21-8)15(10-13(16)4)19(6,7)24-18(20)12(2)3/h10-11,14H,2,9H2,1,3-8H3. The second-order valence-electron chi connectivity index (χ2n) is 6.14. The van der Waals surface area contributed by atoms with Crippen molar-refractivity contribution in [2.45, 2.75) is 53.4 Å². The summed E-state index contributed by atoms with van der Waals surface area (Å²) in [5.41, 5.74) is 1.14. The van der Waals surface area contributed by atoms with Crippen LogP contribution in [0, 0.1) is 6.92 Å². The molecule has 1 rings (SSSR count). The van der Waals surface area contributed by atoms with Gasteiger partial charge in [-0.25, -0.2) is 4.79 Å². The number of hydrogen-bond acceptors (Lipinski definition) is 5. The second kappa shape index (κ2) is 8.20. The van der Waals surface area contributed by atoms with Gasteiger partial charge >= 0.3 is 5.97 Å². The normalized spacial score (nSPS) is 12.5. The fourth-order valence-corrected chi connectivity index (χ4v) is 2.26. The predicted molar refractivity (Wildman–Crippen MR) is 93.4 cm³/mol. The van der Waals surface area contributed by atoms with Crippen LogP contribution in [-0.4, -0.2) is 26.0 Å². The maximum absolute atomic E-state index is 11.9. The van der Waals surface area contributed by atoms with Crippen molar-refractivity contribution in [3.05, 3.63) is 35.4 Å². The zero-order valence-electron chi connectivity index (χ0n) is 15.7. The van der Waals surface area contributed by atoms with Gasteiger partial charge in [-0.05, 0) is 53.2 Å². The molecule has 0 aliphatic carbocycles. The van der Waals surface area contributed by atoms with Crippen LogP contribution in [0.4, 0.5) is 0 Å². The van der Waals surface area contributed by atoms with Gasteiger partial charge in [0.25, 0.3) is 0 Å². The zero-order chi connectivity index (χ0) is 18.5. The SMILES string of the molecule is C=C(C)C(=O)OC(C)(C)c1cc(C)c(OC(C)OCC)cc1OC. The van der Waals surface area contributed by atoms with Gasteiger partial charge in [0.2, 0.25) is 0 Å². The first-order valence-corrected chi connectivity index (χ1v) is 7.98. The minimum atomic E-state index is -0.865. The van der Waals surface area contributed by atoms with Gasteiger partial charge in [0.05, 0.1) is 7.11 Å². The Morgan fingerprint density at radius 2 is 1.92 bits per heavy atom. The van der Waals surface area contributed by atoms with Gasteiger partial charge < -0.3 is 18.9 Å². The number of hydrogen-bond donors (Lipinski definition) is 0. The largest absolute Gasteiger partial charge is 0.496 e. The van der Waals surface area contributed by atoms with Gasteiger partial charge in [0.15, 0.2) is 6.29 Å². The first-order valence-electron chi connectivity index (χ1n) is 7.98. The third-order valence-electron chi connectivity index (χ3n) is 3.54. The van der Waals surface area contributed by atoms with Crippen molar-refractivity contribution < 1.29 is 23.7 Å². The third kappa shape index (κ3) is 4.99. The molecule has 0 aromatic heterocycles. The first-order chi connectivity index (χ1) is 11.1. The lowest BCUT2D eigenvalue weighted by Crippen LogP contribution is -2.27. The van der Waals surface area contributed by atoms with E-state index in [2.05, 4.69) is 6.58 Å². The molecule has 5 heteroatoms. The summed E-state index contributed by atoms with van der Waals surface area (Å²) in [5.74, 6) is 0.808. The molecule has 5 nitrogen and oxygen atoms in total. The zero-order valence-corrected chi connectivity index (χ0v) is 15.7. The van der Waals surface area contributed by atoms with E-state index in [-0.39, 0.29) is 6.29 Å². The Hall–Kier alpha value is -2.01. The van der Waals surface area contributed by atoms with Crippen molar-refractivity contribution in [3.63, 3.8) is 0 Å². The number of ether oxygens (including phenoxy) is 4. The molecule has 0 bridgehead atoms. The van der Waals surface area contributed by atoms with E-state index in [0.717, 1.165) is 11.1 Å². The van der Waals surface area contributed by atoms with E-state index in [0.29, 0.717) is 23.7 Å². The topological polar surface area (TPSA) is 54.0 Å². The van der Waals surface area contributed by atoms with Crippen molar-refractivity contribution in [1.29, 1.82) is 0 Å². The van der Waals surface area contributed by atoms with E-state index < -0.39 is 11.6 Å². The molecule has 0 radical (unpaired) electrons. The lowest BCUT2D eigenvalue weighted by molar-refractivity contribution is -0.152. The van der Waals surface area contributed by atoms with Gasteiger partial charge in [-0.2, -0.15) is 0 Å². The van der Waals surface area contributed by atoms with E-state index in [9.17, 15) is 4.79 Å². The number of carbonyl (C=O) groups is 1. The fourth-order valence-electron chi connectivity index (χ4n) is 2.26. The van der Waals surface area contributed by atoms with Crippen molar-refractivity contribution >= 4 is 5.97 Å². The van der Waals surface area contributed by atoms with E-state index in [1.165, 1.54) is 0 Å². The highest BCUT2D eigenvalue weighted by Gasteiger charge is 2.30. The Morgan fingerprint density at radius 3 is 2.42 bits per heavy atom. The van der Waals surface area contributed by atoms with E-state index >= 15 is 0 Å². The number of methoxy groups -OCH3 is 1. The average molecular weight is 336 g/mol. The van der Waals surface area contributed by atoms with E-state index in [1.807, 2.05) is 40.7 Å². The summed E-state index contributed by atoms with van der Waals surface area (Å²) in [6, 6.07) is 3.69. The molecule has 1 aromatic rings. The van der Waals surface area contributed by atoms with Crippen molar-refractivity contribution in [2.75, 3.05) is 13.7 Å². The molecular formula is C19H28O5. The highest BCUT2D eigenvalue weighted by atomic mass is 16.7. The summed E-state index contributed by atoms with van der Waals surface area (Å²) >= 11 is 0. The maximum atomic E-state index is 11.9. The predicted octanol–water partition coefficient (Wildman–Crippen LogP) is 4.12. The highest BCUT2D eigenvalue weighted by molar-refractivity contribution is 5.87. The average Bonchev–Trinajstić information content (AvgIpc) is 2.48. The molecular weight excluding hydrogens is 308 g/mol. The number of rotatable bonds is 8. The van der Waals surface area contributed by atoms with Crippen molar-refractivity contribution in [2.24, 2.45) is 0 Å². The molecule has 0 saturated carbocycles. The van der Waals surface area contributed by atoms with Gasteiger partial charge in [-0.3, -0.25) is 0 Å². The fraction of sp³-hybridized carbons (Fsp3) is 0.526. The van der Waals surface area contributed by atoms with Gasteiger partial charge in [-0.15, -0.1) is 0 Å². The van der Waals surface area contributed by atoms with E-state index in [1.54, 1.807) is 20.1 Å². The van der Waals surface area contributed by atoms with Gasteiger partial charge in [0.1, 0.15) is 17.1 Å². The number of benzene rings is 1. The van der Waals surface area contributed by atoms with Crippen LogP contribution in [0.15, 0.2) is 24.3 Å². The first kappa shape index (κ1) is 20.0. The molecule has 0 N–H and O–H groups in total. The van der Waals surface area contributed by atoms with Crippen LogP contribution < -0.4 is 9.47 Å². The van der Waals surface area contributed by atoms with Crippen LogP contribution in [0.2, 0.25) is 0 Å². The molecule has 0 aliphatic rings. The summed E-state index contributed by atoms with van der Waals surface area (Å²) in [6.07, 6.45) is -0.362. The lowest BCUT2D eigenvalue weighted by Gasteiger charge is -2.28. The van der Waals surface area contributed by atoms with Crippen LogP contribution in [0.5, 0.6) is 11.5 Å². The Balaban J connectivity index is 3.18. The third-order valence-corrected chi connectivity index (χ3v) is 3.54. The molecule has 24 heavy (non-hydrogen) atoms. The molecule has 0 heterocycles. The van der Waals surface area contributed by atoms with Gasteiger partial charge in [-0.1, -0.05) is 6.58 Å². The second-order valence-corrected chi connectivity index (χ2v) is 6.14. The minimum Gasteiger partial charge on any atom is -0.496 e. The molecule has 134 valence electrons. The quantitative estimate of drug-likeness (QED) is 0.406. The van der Waals surface area contributed by atoms with Crippen molar-refractivity contribution in [3.8, 4) is 11.5 Å². The van der Waals surface area contributed by atoms with Crippen molar-refractivity contribution in [1.82, 2.24) is 0 Å². The summed E-state index contributed by atoms with van der Waals surface area (Å²) in [4.78, 5) is 11.9. The van der Waals surface area contributed by atoms with Gasteiger partial charge in [0, 0.05) is 23.8 Å². The molecule has 1 aromatic carbocycles. The molecule has 0 fully saturated rings. The van der Waals surface area contributed by atoms with Crippen LogP contribution >= 0.6 is 0 Å². The smallest absolute Gasteiger partial charge is 0.333 e. The molecule has 0 aliphatic heterocycles. The Morgan fingerprint density at radius 1 is 1.29 bits per heavy atom. The molecule has 0 amide bonds. The summed E-state index contributed by atoms with van der Waals surface area (Å²) in [6.45, 7) is 15.1. The van der Waals surface area contributed by atoms with Crippen LogP contribution in [-0.2, 0) is 19.9 Å². The Bertz CT molecular complexity index is 604. The van der Waals surface area contributed by atoms with E-state index in [4.69, 9.17) is 18.9 Å². The van der Waals surface area contributed by atoms with Crippen LogP contribution in [0.25, 0.3) is 0 Å². The molecule has 1 unspecified atom stereocenters. The summed E-state index contributed by atoms with van der Waals surface area (Å²) in [7, 11) is 1.57. The molecule has 1 atom stereocenters. The number of carbonyl (C=O) groups excluding carboxylic acids is 1. The summed E-state index contributed by atoms with van der Waals surface area (Å²) < 4.78 is 22.2. The Kier molecular flexibility index (Phi) is 6.84. The number of esters is 1. The monoisotopic (exact) mass is 336 g/mol. The van der Waals surface area contributed by atoms with Crippen LogP contribution in [0.1, 0.15) is 45.7 Å². The molecule has 0 spiro atoms. The number of aryl methyl sites for hydroxylation is 1. The highest BCUT2D eigenvalue weighted by Crippen LogP contribution is 2.38. The van der Waals surface area contributed by atoms with Crippen LogP contribution in [0.3, 0.4) is 0 Å².